The van der Waals surface area contributed by atoms with Gasteiger partial charge in [-0.15, -0.1) is 0 Å². The van der Waals surface area contributed by atoms with Crippen molar-refractivity contribution in [2.75, 3.05) is 37.9 Å². The first kappa shape index (κ1) is 16.1. The van der Waals surface area contributed by atoms with E-state index in [0.29, 0.717) is 56.3 Å². The Morgan fingerprint density at radius 3 is 2.74 bits per heavy atom. The molecule has 0 saturated carbocycles. The smallest absolute Gasteiger partial charge is 0.224 e. The lowest BCUT2D eigenvalue weighted by Gasteiger charge is -2.19. The number of carbonyl (C=O) groups excluding carboxylic acids is 1. The number of fused-ring (bicyclic) bond motifs is 1. The number of hydrogen-bond donors (Lipinski definition) is 1. The molecule has 7 nitrogen and oxygen atoms in total. The molecular weight excluding hydrogens is 320 g/mol. The van der Waals surface area contributed by atoms with Crippen molar-refractivity contribution in [3.63, 3.8) is 0 Å². The Morgan fingerprint density at radius 2 is 2.04 bits per heavy atom. The normalized spacial score (nSPS) is 21.2. The van der Waals surface area contributed by atoms with Gasteiger partial charge in [0.1, 0.15) is 13.2 Å². The number of ether oxygens (including phenoxy) is 2. The van der Waals surface area contributed by atoms with Crippen molar-refractivity contribution in [2.24, 2.45) is 5.92 Å². The van der Waals surface area contributed by atoms with Crippen LogP contribution in [-0.2, 0) is 14.8 Å². The van der Waals surface area contributed by atoms with E-state index in [1.54, 1.807) is 18.2 Å². The molecular formula is C15H20N2O5S. The maximum absolute atomic E-state index is 12.1. The molecule has 0 radical (unpaired) electrons. The van der Waals surface area contributed by atoms with Gasteiger partial charge < -0.3 is 14.8 Å². The molecule has 2 aliphatic rings. The lowest BCUT2D eigenvalue weighted by atomic mass is 10.0. The number of sulfonamides is 1. The number of nitrogens with one attached hydrogen (secondary N) is 1. The fourth-order valence-electron chi connectivity index (χ4n) is 2.86. The summed E-state index contributed by atoms with van der Waals surface area (Å²) in [5, 5.41) is 2.83. The molecule has 0 aliphatic carbocycles. The van der Waals surface area contributed by atoms with Gasteiger partial charge in [-0.2, -0.15) is 0 Å². The van der Waals surface area contributed by atoms with Crippen molar-refractivity contribution >= 4 is 21.6 Å². The minimum absolute atomic E-state index is 0.0573. The molecule has 0 aromatic heterocycles. The highest BCUT2D eigenvalue weighted by Gasteiger charge is 2.29. The number of hydrogen-bond acceptors (Lipinski definition) is 5. The van der Waals surface area contributed by atoms with Crippen molar-refractivity contribution in [2.45, 2.75) is 12.8 Å². The van der Waals surface area contributed by atoms with Crippen LogP contribution in [0.5, 0.6) is 11.5 Å². The van der Waals surface area contributed by atoms with Crippen LogP contribution in [0.2, 0.25) is 0 Å². The minimum Gasteiger partial charge on any atom is -0.486 e. The summed E-state index contributed by atoms with van der Waals surface area (Å²) < 4.78 is 35.3. The summed E-state index contributed by atoms with van der Waals surface area (Å²) in [4.78, 5) is 12.1. The number of carbonyl (C=O) groups is 1. The Hall–Kier alpha value is -1.80. The summed E-state index contributed by atoms with van der Waals surface area (Å²) in [6.45, 7) is 1.92. The van der Waals surface area contributed by atoms with Gasteiger partial charge in [-0.3, -0.25) is 4.79 Å². The Kier molecular flexibility index (Phi) is 4.45. The number of nitrogens with zero attached hydrogens (tertiary/aromatic N) is 1. The highest BCUT2D eigenvalue weighted by molar-refractivity contribution is 7.88. The second-order valence-corrected chi connectivity index (χ2v) is 7.87. The lowest BCUT2D eigenvalue weighted by Crippen LogP contribution is -2.28. The topological polar surface area (TPSA) is 84.9 Å². The van der Waals surface area contributed by atoms with E-state index in [1.165, 1.54) is 10.6 Å². The third-order valence-corrected chi connectivity index (χ3v) is 5.29. The third kappa shape index (κ3) is 3.94. The maximum Gasteiger partial charge on any atom is 0.224 e. The van der Waals surface area contributed by atoms with E-state index in [2.05, 4.69) is 5.32 Å². The molecule has 1 amide bonds. The molecule has 1 saturated heterocycles. The second kappa shape index (κ2) is 6.37. The van der Waals surface area contributed by atoms with E-state index in [4.69, 9.17) is 9.47 Å². The number of rotatable bonds is 4. The van der Waals surface area contributed by atoms with Crippen molar-refractivity contribution < 1.29 is 22.7 Å². The van der Waals surface area contributed by atoms with Crippen LogP contribution in [0.15, 0.2) is 18.2 Å². The SMILES string of the molecule is CS(=O)(=O)N1CCC(CC(=O)Nc2ccc3c(c2)OCCO3)C1. The van der Waals surface area contributed by atoms with Gasteiger partial charge in [0.05, 0.1) is 6.26 Å². The number of amides is 1. The predicted octanol–water partition coefficient (Wildman–Crippen LogP) is 1.07. The van der Waals surface area contributed by atoms with E-state index in [9.17, 15) is 13.2 Å². The Labute approximate surface area is 135 Å². The number of anilines is 1. The van der Waals surface area contributed by atoms with Crippen LogP contribution >= 0.6 is 0 Å². The van der Waals surface area contributed by atoms with Gasteiger partial charge >= 0.3 is 0 Å². The molecule has 8 heteroatoms. The van der Waals surface area contributed by atoms with Gasteiger partial charge in [0, 0.05) is 31.3 Å². The Balaban J connectivity index is 1.56. The highest BCUT2D eigenvalue weighted by Crippen LogP contribution is 2.32. The van der Waals surface area contributed by atoms with E-state index in [-0.39, 0.29) is 11.8 Å². The zero-order chi connectivity index (χ0) is 16.4. The minimum atomic E-state index is -3.17. The summed E-state index contributed by atoms with van der Waals surface area (Å²) in [7, 11) is -3.17. The van der Waals surface area contributed by atoms with E-state index in [1.807, 2.05) is 0 Å². The van der Waals surface area contributed by atoms with Crippen molar-refractivity contribution in [1.29, 1.82) is 0 Å². The second-order valence-electron chi connectivity index (χ2n) is 5.89. The molecule has 2 heterocycles. The van der Waals surface area contributed by atoms with Crippen LogP contribution in [0.1, 0.15) is 12.8 Å². The molecule has 1 N–H and O–H groups in total. The summed E-state index contributed by atoms with van der Waals surface area (Å²) in [6.07, 6.45) is 2.22. The molecule has 126 valence electrons. The van der Waals surface area contributed by atoms with Gasteiger partial charge in [0.2, 0.25) is 15.9 Å². The van der Waals surface area contributed by atoms with Gasteiger partial charge in [-0.1, -0.05) is 0 Å². The standard InChI is InChI=1S/C15H20N2O5S/c1-23(19,20)17-5-4-11(10-17)8-15(18)16-12-2-3-13-14(9-12)22-7-6-21-13/h2-3,9,11H,4-8,10H2,1H3,(H,16,18). The molecule has 1 aromatic carbocycles. The summed E-state index contributed by atoms with van der Waals surface area (Å²) in [5.74, 6) is 1.23. The zero-order valence-corrected chi connectivity index (χ0v) is 13.8. The van der Waals surface area contributed by atoms with Crippen LogP contribution in [0.25, 0.3) is 0 Å². The average Bonchev–Trinajstić information content (AvgIpc) is 2.95. The largest absolute Gasteiger partial charge is 0.486 e. The van der Waals surface area contributed by atoms with E-state index >= 15 is 0 Å². The first-order chi connectivity index (χ1) is 10.9. The molecule has 2 aliphatic heterocycles. The van der Waals surface area contributed by atoms with Gasteiger partial charge in [0.25, 0.3) is 0 Å². The highest BCUT2D eigenvalue weighted by atomic mass is 32.2. The summed E-state index contributed by atoms with van der Waals surface area (Å²) in [5.41, 5.74) is 0.650. The van der Waals surface area contributed by atoms with Crippen LogP contribution in [-0.4, -0.2) is 51.2 Å². The van der Waals surface area contributed by atoms with Gasteiger partial charge in [-0.25, -0.2) is 12.7 Å². The van der Waals surface area contributed by atoms with Gasteiger partial charge in [0.15, 0.2) is 11.5 Å². The van der Waals surface area contributed by atoms with Crippen molar-refractivity contribution in [3.8, 4) is 11.5 Å². The van der Waals surface area contributed by atoms with Crippen LogP contribution in [0.4, 0.5) is 5.69 Å². The maximum atomic E-state index is 12.1. The quantitative estimate of drug-likeness (QED) is 0.886. The molecule has 0 spiro atoms. The predicted molar refractivity (Wildman–Crippen MR) is 85.2 cm³/mol. The van der Waals surface area contributed by atoms with Crippen molar-refractivity contribution in [1.82, 2.24) is 4.31 Å². The average molecular weight is 340 g/mol. The zero-order valence-electron chi connectivity index (χ0n) is 12.9. The molecule has 0 bridgehead atoms. The third-order valence-electron chi connectivity index (χ3n) is 4.02. The van der Waals surface area contributed by atoms with E-state index in [0.717, 1.165) is 0 Å². The molecule has 1 unspecified atom stereocenters. The molecule has 1 fully saturated rings. The summed E-state index contributed by atoms with van der Waals surface area (Å²) in [6, 6.07) is 5.28. The number of benzene rings is 1. The Morgan fingerprint density at radius 1 is 1.30 bits per heavy atom. The lowest BCUT2D eigenvalue weighted by molar-refractivity contribution is -0.117. The Bertz CT molecular complexity index is 704. The monoisotopic (exact) mass is 340 g/mol. The van der Waals surface area contributed by atoms with E-state index < -0.39 is 10.0 Å². The molecule has 3 rings (SSSR count). The van der Waals surface area contributed by atoms with Crippen molar-refractivity contribution in [3.05, 3.63) is 18.2 Å². The fourth-order valence-corrected chi connectivity index (χ4v) is 3.78. The molecule has 1 aromatic rings. The first-order valence-corrected chi connectivity index (χ1v) is 9.41. The molecule has 23 heavy (non-hydrogen) atoms. The first-order valence-electron chi connectivity index (χ1n) is 7.56. The van der Waals surface area contributed by atoms with Crippen LogP contribution in [0, 0.1) is 5.92 Å². The summed E-state index contributed by atoms with van der Waals surface area (Å²) >= 11 is 0. The van der Waals surface area contributed by atoms with Gasteiger partial charge in [-0.05, 0) is 24.5 Å². The van der Waals surface area contributed by atoms with Crippen LogP contribution < -0.4 is 14.8 Å². The molecule has 1 atom stereocenters. The van der Waals surface area contributed by atoms with Crippen LogP contribution in [0.3, 0.4) is 0 Å². The fraction of sp³-hybridized carbons (Fsp3) is 0.533.